The molecule has 4 heteroatoms. The molecule has 0 aliphatic carbocycles. The minimum Gasteiger partial charge on any atom is -0.396 e. The Balaban J connectivity index is 2.33. The molecule has 0 fully saturated rings. The van der Waals surface area contributed by atoms with Crippen LogP contribution >= 0.6 is 27.3 Å². The zero-order chi connectivity index (χ0) is 9.68. The highest BCUT2D eigenvalue weighted by Crippen LogP contribution is 2.23. The highest BCUT2D eigenvalue weighted by molar-refractivity contribution is 9.11. The summed E-state index contributed by atoms with van der Waals surface area (Å²) < 4.78 is 1.13. The lowest BCUT2D eigenvalue weighted by Crippen LogP contribution is -2.11. The van der Waals surface area contributed by atoms with Gasteiger partial charge in [0.2, 0.25) is 0 Å². The maximum absolute atomic E-state index is 8.84. The zero-order valence-corrected chi connectivity index (χ0v) is 9.64. The van der Waals surface area contributed by atoms with Crippen molar-refractivity contribution in [2.75, 3.05) is 13.2 Å². The van der Waals surface area contributed by atoms with Crippen molar-refractivity contribution in [2.24, 2.45) is 5.92 Å². The molecule has 0 atom stereocenters. The van der Waals surface area contributed by atoms with Crippen LogP contribution in [0.5, 0.6) is 0 Å². The summed E-state index contributed by atoms with van der Waals surface area (Å²) in [6, 6.07) is 4.09. The number of thiophene rings is 1. The molecule has 1 aromatic rings. The highest BCUT2D eigenvalue weighted by Gasteiger charge is 2.06. The fraction of sp³-hybridized carbons (Fsp3) is 0.556. The van der Waals surface area contributed by atoms with E-state index in [0.717, 1.165) is 16.6 Å². The van der Waals surface area contributed by atoms with E-state index in [1.54, 1.807) is 11.3 Å². The van der Waals surface area contributed by atoms with Gasteiger partial charge in [-0.2, -0.15) is 0 Å². The van der Waals surface area contributed by atoms with Gasteiger partial charge < -0.3 is 10.2 Å². The number of aliphatic hydroxyl groups is 2. The van der Waals surface area contributed by atoms with Crippen molar-refractivity contribution in [3.63, 3.8) is 0 Å². The molecule has 0 unspecified atom stereocenters. The van der Waals surface area contributed by atoms with Crippen LogP contribution in [0.1, 0.15) is 11.3 Å². The summed E-state index contributed by atoms with van der Waals surface area (Å²) in [5.74, 6) is 0.0286. The summed E-state index contributed by atoms with van der Waals surface area (Å²) >= 11 is 5.10. The largest absolute Gasteiger partial charge is 0.396 e. The minimum absolute atomic E-state index is 0.0286. The summed E-state index contributed by atoms with van der Waals surface area (Å²) in [5, 5.41) is 17.7. The highest BCUT2D eigenvalue weighted by atomic mass is 79.9. The predicted molar refractivity (Wildman–Crippen MR) is 58.0 cm³/mol. The Hall–Kier alpha value is 0.1000. The van der Waals surface area contributed by atoms with E-state index in [1.807, 2.05) is 6.07 Å². The second-order valence-electron chi connectivity index (χ2n) is 2.98. The van der Waals surface area contributed by atoms with Crippen molar-refractivity contribution in [3.8, 4) is 0 Å². The van der Waals surface area contributed by atoms with E-state index in [-0.39, 0.29) is 19.1 Å². The molecule has 1 heterocycles. The van der Waals surface area contributed by atoms with Crippen molar-refractivity contribution < 1.29 is 10.2 Å². The topological polar surface area (TPSA) is 40.5 Å². The number of hydrogen-bond acceptors (Lipinski definition) is 3. The van der Waals surface area contributed by atoms with Gasteiger partial charge in [0.15, 0.2) is 0 Å². The van der Waals surface area contributed by atoms with E-state index in [1.165, 1.54) is 4.88 Å². The first-order valence-corrected chi connectivity index (χ1v) is 5.83. The number of hydrogen-bond donors (Lipinski definition) is 2. The third kappa shape index (κ3) is 3.77. The van der Waals surface area contributed by atoms with E-state index < -0.39 is 0 Å². The molecule has 74 valence electrons. The van der Waals surface area contributed by atoms with E-state index in [4.69, 9.17) is 10.2 Å². The molecule has 0 bridgehead atoms. The molecule has 0 saturated heterocycles. The molecule has 0 spiro atoms. The van der Waals surface area contributed by atoms with Crippen molar-refractivity contribution in [1.82, 2.24) is 0 Å². The van der Waals surface area contributed by atoms with Gasteiger partial charge in [-0.3, -0.25) is 0 Å². The lowest BCUT2D eigenvalue weighted by Gasteiger charge is -2.08. The second kappa shape index (κ2) is 5.75. The Morgan fingerprint density at radius 3 is 2.46 bits per heavy atom. The Bertz CT molecular complexity index is 246. The molecule has 2 N–H and O–H groups in total. The molecule has 0 aliphatic rings. The van der Waals surface area contributed by atoms with Crippen molar-refractivity contribution in [1.29, 1.82) is 0 Å². The SMILES string of the molecule is OCC(CO)CCc1ccc(Br)s1. The minimum atomic E-state index is 0.0286. The molecule has 1 rings (SSSR count). The first-order chi connectivity index (χ1) is 6.26. The first kappa shape index (κ1) is 11.2. The quantitative estimate of drug-likeness (QED) is 0.855. The Kier molecular flexibility index (Phi) is 4.94. The second-order valence-corrected chi connectivity index (χ2v) is 5.52. The smallest absolute Gasteiger partial charge is 0.0701 e. The molecular weight excluding hydrogens is 252 g/mol. The molecule has 13 heavy (non-hydrogen) atoms. The average molecular weight is 265 g/mol. The van der Waals surface area contributed by atoms with E-state index in [2.05, 4.69) is 22.0 Å². The summed E-state index contributed by atoms with van der Waals surface area (Å²) in [6.45, 7) is 0.145. The molecule has 1 aromatic heterocycles. The Morgan fingerprint density at radius 2 is 2.00 bits per heavy atom. The number of aliphatic hydroxyl groups excluding tert-OH is 2. The molecule has 2 nitrogen and oxygen atoms in total. The van der Waals surface area contributed by atoms with Crippen molar-refractivity contribution in [2.45, 2.75) is 12.8 Å². The van der Waals surface area contributed by atoms with Crippen molar-refractivity contribution >= 4 is 27.3 Å². The lowest BCUT2D eigenvalue weighted by molar-refractivity contribution is 0.144. The van der Waals surface area contributed by atoms with Crippen LogP contribution in [0.3, 0.4) is 0 Å². The van der Waals surface area contributed by atoms with Crippen LogP contribution in [-0.4, -0.2) is 23.4 Å². The van der Waals surface area contributed by atoms with Crippen LogP contribution in [0.25, 0.3) is 0 Å². The monoisotopic (exact) mass is 264 g/mol. The van der Waals surface area contributed by atoms with Crippen molar-refractivity contribution in [3.05, 3.63) is 20.8 Å². The van der Waals surface area contributed by atoms with Gasteiger partial charge in [-0.25, -0.2) is 0 Å². The van der Waals surface area contributed by atoms with Gasteiger partial charge in [0.1, 0.15) is 0 Å². The van der Waals surface area contributed by atoms with Crippen LogP contribution in [-0.2, 0) is 6.42 Å². The maximum Gasteiger partial charge on any atom is 0.0701 e. The number of aryl methyl sites for hydroxylation is 1. The van der Waals surface area contributed by atoms with Crippen LogP contribution in [0, 0.1) is 5.92 Å². The van der Waals surface area contributed by atoms with Gasteiger partial charge >= 0.3 is 0 Å². The first-order valence-electron chi connectivity index (χ1n) is 4.22. The van der Waals surface area contributed by atoms with E-state index in [9.17, 15) is 0 Å². The zero-order valence-electron chi connectivity index (χ0n) is 7.24. The van der Waals surface area contributed by atoms with Crippen LogP contribution in [0.4, 0.5) is 0 Å². The molecule has 0 amide bonds. The fourth-order valence-electron chi connectivity index (χ4n) is 1.07. The predicted octanol–water partition coefficient (Wildman–Crippen LogP) is 2.04. The third-order valence-electron chi connectivity index (χ3n) is 1.94. The summed E-state index contributed by atoms with van der Waals surface area (Å²) in [7, 11) is 0. The summed E-state index contributed by atoms with van der Waals surface area (Å²) in [5.41, 5.74) is 0. The van der Waals surface area contributed by atoms with E-state index >= 15 is 0 Å². The maximum atomic E-state index is 8.84. The summed E-state index contributed by atoms with van der Waals surface area (Å²) in [6.07, 6.45) is 1.78. The van der Waals surface area contributed by atoms with Crippen LogP contribution < -0.4 is 0 Å². The molecule has 0 aromatic carbocycles. The number of rotatable bonds is 5. The molecule has 0 saturated carbocycles. The van der Waals surface area contributed by atoms with Gasteiger partial charge in [-0.15, -0.1) is 11.3 Å². The number of halogens is 1. The molecule has 0 radical (unpaired) electrons. The third-order valence-corrected chi connectivity index (χ3v) is 3.63. The molecular formula is C9H13BrO2S. The van der Waals surface area contributed by atoms with Crippen LogP contribution in [0.2, 0.25) is 0 Å². The molecule has 0 aliphatic heterocycles. The van der Waals surface area contributed by atoms with Crippen LogP contribution in [0.15, 0.2) is 15.9 Å². The van der Waals surface area contributed by atoms with Gasteiger partial charge in [-0.1, -0.05) is 0 Å². The Morgan fingerprint density at radius 1 is 1.31 bits per heavy atom. The normalized spacial score (nSPS) is 11.1. The summed E-state index contributed by atoms with van der Waals surface area (Å²) in [4.78, 5) is 1.29. The van der Waals surface area contributed by atoms with Gasteiger partial charge in [-0.05, 0) is 40.9 Å². The standard InChI is InChI=1S/C9H13BrO2S/c10-9-4-3-8(13-9)2-1-7(5-11)6-12/h3-4,7,11-12H,1-2,5-6H2. The fourth-order valence-corrected chi connectivity index (χ4v) is 2.57. The van der Waals surface area contributed by atoms with Gasteiger partial charge in [0.25, 0.3) is 0 Å². The van der Waals surface area contributed by atoms with Gasteiger partial charge in [0, 0.05) is 24.0 Å². The van der Waals surface area contributed by atoms with Gasteiger partial charge in [0.05, 0.1) is 3.79 Å². The Labute approximate surface area is 90.4 Å². The van der Waals surface area contributed by atoms with E-state index in [0.29, 0.717) is 0 Å². The lowest BCUT2D eigenvalue weighted by atomic mass is 10.1. The average Bonchev–Trinajstić information content (AvgIpc) is 2.53.